The highest BCUT2D eigenvalue weighted by Crippen LogP contribution is 2.35. The zero-order valence-corrected chi connectivity index (χ0v) is 23.2. The number of anilines is 3. The highest BCUT2D eigenvalue weighted by molar-refractivity contribution is 7.80. The maximum Gasteiger partial charge on any atom is 0.429 e. The van der Waals surface area contributed by atoms with Gasteiger partial charge in [-0.15, -0.1) is 10.2 Å². The normalized spacial score (nSPS) is 11.1. The molecule has 0 aliphatic rings. The van der Waals surface area contributed by atoms with E-state index in [-0.39, 0.29) is 11.8 Å². The fourth-order valence-electron chi connectivity index (χ4n) is 3.83. The lowest BCUT2D eigenvalue weighted by Crippen LogP contribution is -2.21. The predicted octanol–water partition coefficient (Wildman–Crippen LogP) is 5.32. The Hall–Kier alpha value is -4.81. The van der Waals surface area contributed by atoms with Crippen LogP contribution in [0.1, 0.15) is 12.6 Å². The van der Waals surface area contributed by atoms with Crippen molar-refractivity contribution in [2.45, 2.75) is 6.92 Å². The van der Waals surface area contributed by atoms with Gasteiger partial charge in [0.25, 0.3) is 0 Å². The van der Waals surface area contributed by atoms with Crippen molar-refractivity contribution in [3.05, 3.63) is 97.1 Å². The molecule has 206 valence electrons. The van der Waals surface area contributed by atoms with E-state index in [1.165, 1.54) is 6.20 Å². The lowest BCUT2D eigenvalue weighted by molar-refractivity contribution is 0.380. The summed E-state index contributed by atoms with van der Waals surface area (Å²) in [5, 5.41) is 18.7. The molecule has 12 nitrogen and oxygen atoms in total. The first-order chi connectivity index (χ1) is 19.7. The van der Waals surface area contributed by atoms with Gasteiger partial charge in [-0.1, -0.05) is 43.1 Å². The molecule has 5 aromatic rings. The second kappa shape index (κ2) is 11.7. The molecule has 14 heteroatoms. The van der Waals surface area contributed by atoms with Crippen molar-refractivity contribution in [2.24, 2.45) is 0 Å². The molecule has 0 atom stereocenters. The zero-order chi connectivity index (χ0) is 29.0. The van der Waals surface area contributed by atoms with E-state index < -0.39 is 7.75 Å². The van der Waals surface area contributed by atoms with E-state index in [1.54, 1.807) is 36.5 Å². The van der Waals surface area contributed by atoms with Gasteiger partial charge in [-0.25, -0.2) is 19.5 Å². The van der Waals surface area contributed by atoms with Crippen LogP contribution in [0.2, 0.25) is 0 Å². The van der Waals surface area contributed by atoms with E-state index in [0.717, 1.165) is 16.5 Å². The number of ether oxygens (including phenoxy) is 1. The van der Waals surface area contributed by atoms with Crippen molar-refractivity contribution in [3.8, 4) is 22.9 Å². The van der Waals surface area contributed by atoms with Crippen LogP contribution in [0.3, 0.4) is 0 Å². The molecular weight excluding hydrogens is 563 g/mol. The Balaban J connectivity index is 1.36. The third-order valence-electron chi connectivity index (χ3n) is 5.51. The molecule has 0 aliphatic carbocycles. The number of rotatable bonds is 9. The van der Waals surface area contributed by atoms with Crippen molar-refractivity contribution < 1.29 is 19.1 Å². The molecule has 0 fully saturated rings. The van der Waals surface area contributed by atoms with Gasteiger partial charge < -0.3 is 25.2 Å². The monoisotopic (exact) mass is 586 g/mol. The summed E-state index contributed by atoms with van der Waals surface area (Å²) in [6.45, 7) is 5.65. The first-order valence-electron chi connectivity index (χ1n) is 12.1. The topological polar surface area (TPSA) is 167 Å². The van der Waals surface area contributed by atoms with E-state index in [1.807, 2.05) is 48.4 Å². The summed E-state index contributed by atoms with van der Waals surface area (Å²) in [4.78, 5) is 31.1. The fraction of sp³-hybridized carbons (Fsp3) is 0.0370. The van der Waals surface area contributed by atoms with E-state index in [0.29, 0.717) is 39.2 Å². The molecule has 0 radical (unpaired) electrons. The molecule has 0 bridgehead atoms. The number of pyridine rings is 1. The third-order valence-corrected chi connectivity index (χ3v) is 6.30. The molecule has 0 saturated heterocycles. The predicted molar refractivity (Wildman–Crippen MR) is 160 cm³/mol. The van der Waals surface area contributed by atoms with Crippen LogP contribution < -0.4 is 20.5 Å². The smallest absolute Gasteiger partial charge is 0.429 e. The summed E-state index contributed by atoms with van der Waals surface area (Å²) in [5.74, 6) is 1.09. The second-order valence-electron chi connectivity index (χ2n) is 8.71. The first kappa shape index (κ1) is 27.7. The minimum Gasteiger partial charge on any atom is -0.438 e. The van der Waals surface area contributed by atoms with Crippen molar-refractivity contribution in [1.82, 2.24) is 30.5 Å². The van der Waals surface area contributed by atoms with E-state index in [2.05, 4.69) is 42.4 Å². The van der Waals surface area contributed by atoms with Gasteiger partial charge in [-0.05, 0) is 49.4 Å². The third kappa shape index (κ3) is 6.86. The Morgan fingerprint density at radius 2 is 1.71 bits per heavy atom. The molecule has 0 aliphatic heterocycles. The molecule has 0 amide bonds. The Labute approximate surface area is 239 Å². The first-order valence-corrected chi connectivity index (χ1v) is 14.1. The number of aromatic nitrogens is 5. The number of thiocarbonyl (C=S) groups is 1. The summed E-state index contributed by atoms with van der Waals surface area (Å²) >= 11 is 5.48. The lowest BCUT2D eigenvalue weighted by Gasteiger charge is -2.13. The molecular formula is C27H23N8O4PS. The number of allylic oxidation sites excluding steroid dienone is 1. The van der Waals surface area contributed by atoms with Crippen LogP contribution in [0, 0.1) is 0 Å². The Morgan fingerprint density at radius 1 is 0.951 bits per heavy atom. The molecule has 2 aromatic carbocycles. The van der Waals surface area contributed by atoms with Crippen molar-refractivity contribution in [2.75, 3.05) is 10.4 Å². The summed E-state index contributed by atoms with van der Waals surface area (Å²) in [6.07, 6.45) is 2.94. The maximum atomic E-state index is 11.3. The molecule has 5 N–H and O–H groups in total. The number of benzene rings is 2. The van der Waals surface area contributed by atoms with Crippen LogP contribution in [0.5, 0.6) is 11.6 Å². The SMILES string of the molecule is C=C(C)NC(=S)c1nnc(Nc2ccc(Oc3ncccc3-c3ccnc(NP(=O)(O)O)n3)cc2)c2ccccc12. The molecule has 0 unspecified atom stereocenters. The van der Waals surface area contributed by atoms with Crippen LogP contribution >= 0.6 is 20.0 Å². The van der Waals surface area contributed by atoms with Crippen molar-refractivity contribution in [1.29, 1.82) is 0 Å². The number of fused-ring (bicyclic) bond motifs is 1. The number of hydrogen-bond donors (Lipinski definition) is 5. The van der Waals surface area contributed by atoms with E-state index >= 15 is 0 Å². The van der Waals surface area contributed by atoms with Crippen molar-refractivity contribution >= 4 is 53.2 Å². The van der Waals surface area contributed by atoms with Crippen LogP contribution in [0.4, 0.5) is 17.5 Å². The average Bonchev–Trinajstić information content (AvgIpc) is 2.93. The summed E-state index contributed by atoms with van der Waals surface area (Å²) in [7, 11) is -4.57. The van der Waals surface area contributed by atoms with Gasteiger partial charge in [-0.3, -0.25) is 5.09 Å². The van der Waals surface area contributed by atoms with Gasteiger partial charge in [0.05, 0.1) is 11.3 Å². The Morgan fingerprint density at radius 3 is 2.44 bits per heavy atom. The fourth-order valence-corrected chi connectivity index (χ4v) is 4.52. The lowest BCUT2D eigenvalue weighted by atomic mass is 10.1. The van der Waals surface area contributed by atoms with E-state index in [9.17, 15) is 14.4 Å². The average molecular weight is 587 g/mol. The van der Waals surface area contributed by atoms with Gasteiger partial charge in [-0.2, -0.15) is 0 Å². The minimum atomic E-state index is -4.57. The Bertz CT molecular complexity index is 1810. The van der Waals surface area contributed by atoms with Crippen LogP contribution in [0.25, 0.3) is 22.0 Å². The molecule has 3 aromatic heterocycles. The largest absolute Gasteiger partial charge is 0.438 e. The van der Waals surface area contributed by atoms with E-state index in [4.69, 9.17) is 17.0 Å². The summed E-state index contributed by atoms with van der Waals surface area (Å²) in [6, 6.07) is 19.9. The standard InChI is InChI=1S/C27H23N8O4PS/c1-16(2)30-26(41)23-19-6-3-4-7-20(19)24(34-33-23)31-17-9-11-18(12-10-17)39-25-21(8-5-14-28-25)22-13-15-29-27(32-22)35-40(36,37)38/h3-15H,1H2,2H3,(H,30,41)(H,31,34)(H3,29,32,35,36,37,38). The highest BCUT2D eigenvalue weighted by Gasteiger charge is 2.17. The van der Waals surface area contributed by atoms with Gasteiger partial charge in [0, 0.05) is 34.6 Å². The van der Waals surface area contributed by atoms with Gasteiger partial charge in [0.1, 0.15) is 16.4 Å². The molecule has 41 heavy (non-hydrogen) atoms. The molecule has 3 heterocycles. The molecule has 5 rings (SSSR count). The number of hydrogen-bond acceptors (Lipinski definition) is 9. The summed E-state index contributed by atoms with van der Waals surface area (Å²) in [5.41, 5.74) is 2.89. The van der Waals surface area contributed by atoms with Gasteiger partial charge in [0.2, 0.25) is 11.8 Å². The molecule has 0 spiro atoms. The number of nitrogens with zero attached hydrogens (tertiary/aromatic N) is 5. The zero-order valence-electron chi connectivity index (χ0n) is 21.5. The molecule has 0 saturated carbocycles. The number of nitrogens with one attached hydrogen (secondary N) is 3. The van der Waals surface area contributed by atoms with Gasteiger partial charge in [0.15, 0.2) is 5.82 Å². The highest BCUT2D eigenvalue weighted by atomic mass is 32.1. The quantitative estimate of drug-likeness (QED) is 0.111. The van der Waals surface area contributed by atoms with Crippen LogP contribution in [0.15, 0.2) is 91.4 Å². The maximum absolute atomic E-state index is 11.3. The minimum absolute atomic E-state index is 0.223. The van der Waals surface area contributed by atoms with Crippen molar-refractivity contribution in [3.63, 3.8) is 0 Å². The van der Waals surface area contributed by atoms with Gasteiger partial charge >= 0.3 is 7.75 Å². The second-order valence-corrected chi connectivity index (χ2v) is 10.4. The van der Waals surface area contributed by atoms with Crippen LogP contribution in [-0.2, 0) is 4.57 Å². The summed E-state index contributed by atoms with van der Waals surface area (Å²) < 4.78 is 17.3. The van der Waals surface area contributed by atoms with Crippen LogP contribution in [-0.4, -0.2) is 39.9 Å². The Kier molecular flexibility index (Phi) is 7.95.